The molecular formula is C32H38N2O5. The smallest absolute Gasteiger partial charge is 0.235 e. The monoisotopic (exact) mass is 530 g/mol. The highest BCUT2D eigenvalue weighted by atomic mass is 16.3. The van der Waals surface area contributed by atoms with Gasteiger partial charge in [0, 0.05) is 41.4 Å². The molecule has 0 bridgehead atoms. The Kier molecular flexibility index (Phi) is 7.25. The SMILES string of the molecule is C=C1C(C)C2C(Cc3c[nH]c4ccccc34)NC(=O)C23C(=O)CCC(O)C(=O)/C(C)=C\C(C)C/C=C\C3C1O. The maximum absolute atomic E-state index is 14.2. The van der Waals surface area contributed by atoms with E-state index in [9.17, 15) is 24.6 Å². The van der Waals surface area contributed by atoms with Crippen LogP contribution in [0.15, 0.2) is 66.4 Å². The predicted molar refractivity (Wildman–Crippen MR) is 150 cm³/mol. The van der Waals surface area contributed by atoms with Gasteiger partial charge >= 0.3 is 0 Å². The maximum atomic E-state index is 14.2. The van der Waals surface area contributed by atoms with Crippen LogP contribution in [0.25, 0.3) is 10.9 Å². The first-order valence-electron chi connectivity index (χ1n) is 13.9. The number of Topliss-reactive ketones (excluding diaryl/α,β-unsaturated/α-hetero) is 2. The number of rotatable bonds is 2. The van der Waals surface area contributed by atoms with Crippen molar-refractivity contribution < 1.29 is 24.6 Å². The fourth-order valence-corrected chi connectivity index (χ4v) is 7.30. The quantitative estimate of drug-likeness (QED) is 0.348. The number of carbonyl (C=O) groups is 3. The molecule has 1 amide bonds. The van der Waals surface area contributed by atoms with Gasteiger partial charge in [0.05, 0.1) is 6.10 Å². The topological polar surface area (TPSA) is 119 Å². The molecule has 1 saturated heterocycles. The van der Waals surface area contributed by atoms with Crippen molar-refractivity contribution in [1.29, 1.82) is 0 Å². The molecule has 4 N–H and O–H groups in total. The van der Waals surface area contributed by atoms with Crippen molar-refractivity contribution in [3.05, 3.63) is 72.0 Å². The van der Waals surface area contributed by atoms with Crippen LogP contribution in [0.2, 0.25) is 0 Å². The Bertz CT molecular complexity index is 1390. The van der Waals surface area contributed by atoms with Crippen LogP contribution >= 0.6 is 0 Å². The number of aliphatic hydroxyl groups excluding tert-OH is 2. The number of fused-ring (bicyclic) bond motifs is 1. The van der Waals surface area contributed by atoms with E-state index in [1.165, 1.54) is 0 Å². The molecule has 7 heteroatoms. The van der Waals surface area contributed by atoms with Crippen molar-refractivity contribution >= 4 is 28.4 Å². The van der Waals surface area contributed by atoms with Gasteiger partial charge in [-0.2, -0.15) is 0 Å². The summed E-state index contributed by atoms with van der Waals surface area (Å²) in [6.07, 6.45) is 5.94. The van der Waals surface area contributed by atoms with E-state index < -0.39 is 41.1 Å². The number of allylic oxidation sites excluding steroid dienone is 2. The van der Waals surface area contributed by atoms with Gasteiger partial charge in [-0.15, -0.1) is 0 Å². The fourth-order valence-electron chi connectivity index (χ4n) is 7.30. The minimum Gasteiger partial charge on any atom is -0.388 e. The number of ketones is 2. The van der Waals surface area contributed by atoms with Crippen molar-refractivity contribution in [3.8, 4) is 0 Å². The Morgan fingerprint density at radius 1 is 1.13 bits per heavy atom. The number of carbonyl (C=O) groups excluding carboxylic acids is 3. The van der Waals surface area contributed by atoms with Crippen molar-refractivity contribution in [2.45, 2.75) is 64.7 Å². The Hall–Kier alpha value is -3.29. The van der Waals surface area contributed by atoms with E-state index in [-0.39, 0.29) is 36.5 Å². The predicted octanol–water partition coefficient (Wildman–Crippen LogP) is 3.82. The molecule has 2 fully saturated rings. The first-order chi connectivity index (χ1) is 18.6. The van der Waals surface area contributed by atoms with Gasteiger partial charge in [-0.1, -0.05) is 56.9 Å². The fraction of sp³-hybridized carbons (Fsp3) is 0.469. The molecule has 8 unspecified atom stereocenters. The van der Waals surface area contributed by atoms with Crippen molar-refractivity contribution in [3.63, 3.8) is 0 Å². The molecule has 7 nitrogen and oxygen atoms in total. The largest absolute Gasteiger partial charge is 0.388 e. The highest BCUT2D eigenvalue weighted by molar-refractivity contribution is 6.09. The number of aliphatic hydroxyl groups is 2. The molecule has 8 atom stereocenters. The van der Waals surface area contributed by atoms with E-state index in [1.54, 1.807) is 6.92 Å². The standard InChI is InChI=1S/C32H38N2O5/c1-17-8-7-10-23-30(38)20(4)19(3)28-25(15-21-16-33-24-11-6-5-9-22(21)24)34-31(39)32(23,28)27(36)13-12-26(35)29(37)18(2)14-17/h5-7,9-11,14,16-17,19,23,25-26,28,30,33,35,38H,4,8,12-13,15H2,1-3H3,(H,34,39)/b10-7-,18-14-. The third-order valence-corrected chi connectivity index (χ3v) is 9.32. The van der Waals surface area contributed by atoms with Crippen LogP contribution in [0.1, 0.15) is 45.6 Å². The highest BCUT2D eigenvalue weighted by Gasteiger charge is 2.68. The molecule has 1 aromatic carbocycles. The Balaban J connectivity index is 1.60. The van der Waals surface area contributed by atoms with Crippen LogP contribution in [0.4, 0.5) is 0 Å². The number of amides is 1. The number of aromatic nitrogens is 1. The number of para-hydroxylation sites is 1. The summed E-state index contributed by atoms with van der Waals surface area (Å²) in [6.45, 7) is 9.79. The maximum Gasteiger partial charge on any atom is 0.235 e. The molecule has 3 aliphatic rings. The lowest BCUT2D eigenvalue weighted by Crippen LogP contribution is -2.58. The summed E-state index contributed by atoms with van der Waals surface area (Å²) in [7, 11) is 0. The third-order valence-electron chi connectivity index (χ3n) is 9.32. The van der Waals surface area contributed by atoms with Crippen molar-refractivity contribution in [1.82, 2.24) is 10.3 Å². The summed E-state index contributed by atoms with van der Waals surface area (Å²) in [5.41, 5.74) is 1.58. The molecule has 2 heterocycles. The van der Waals surface area contributed by atoms with Crippen LogP contribution in [0.5, 0.6) is 0 Å². The molecule has 5 rings (SSSR count). The van der Waals surface area contributed by atoms with Crippen LogP contribution in [0.3, 0.4) is 0 Å². The number of hydrogen-bond acceptors (Lipinski definition) is 5. The summed E-state index contributed by atoms with van der Waals surface area (Å²) in [5.74, 6) is -2.71. The molecule has 1 aliphatic heterocycles. The number of benzene rings is 1. The van der Waals surface area contributed by atoms with Gasteiger partial charge in [0.15, 0.2) is 5.78 Å². The highest BCUT2D eigenvalue weighted by Crippen LogP contribution is 2.57. The average Bonchev–Trinajstić information content (AvgIpc) is 3.45. The van der Waals surface area contributed by atoms with E-state index in [0.29, 0.717) is 24.0 Å². The first kappa shape index (κ1) is 27.3. The minimum atomic E-state index is -1.53. The van der Waals surface area contributed by atoms with Gasteiger partial charge in [-0.05, 0) is 60.8 Å². The second kappa shape index (κ2) is 10.4. The molecule has 1 saturated carbocycles. The second-order valence-corrected chi connectivity index (χ2v) is 11.7. The van der Waals surface area contributed by atoms with Crippen molar-refractivity contribution in [2.75, 3.05) is 0 Å². The lowest BCUT2D eigenvalue weighted by atomic mass is 9.51. The molecule has 206 valence electrons. The molecule has 0 radical (unpaired) electrons. The molecule has 2 aliphatic carbocycles. The second-order valence-electron chi connectivity index (χ2n) is 11.7. The summed E-state index contributed by atoms with van der Waals surface area (Å²) in [5, 5.41) is 26.3. The normalized spacial score (nSPS) is 38.1. The van der Waals surface area contributed by atoms with Gasteiger partial charge in [-0.3, -0.25) is 14.4 Å². The van der Waals surface area contributed by atoms with Gasteiger partial charge in [0.2, 0.25) is 5.91 Å². The Morgan fingerprint density at radius 2 is 1.87 bits per heavy atom. The van der Waals surface area contributed by atoms with Crippen LogP contribution in [0, 0.1) is 29.1 Å². The van der Waals surface area contributed by atoms with E-state index in [4.69, 9.17) is 0 Å². The van der Waals surface area contributed by atoms with E-state index in [2.05, 4.69) is 16.9 Å². The zero-order chi connectivity index (χ0) is 28.1. The number of hydrogen-bond donors (Lipinski definition) is 4. The van der Waals surface area contributed by atoms with Crippen LogP contribution < -0.4 is 5.32 Å². The van der Waals surface area contributed by atoms with Gasteiger partial charge in [0.1, 0.15) is 17.3 Å². The number of aromatic amines is 1. The zero-order valence-electron chi connectivity index (χ0n) is 22.8. The minimum absolute atomic E-state index is 0.00418. The average molecular weight is 531 g/mol. The summed E-state index contributed by atoms with van der Waals surface area (Å²) in [4.78, 5) is 44.4. The molecular weight excluding hydrogens is 492 g/mol. The molecule has 1 spiro atoms. The van der Waals surface area contributed by atoms with Crippen molar-refractivity contribution in [2.24, 2.45) is 29.1 Å². The molecule has 39 heavy (non-hydrogen) atoms. The summed E-state index contributed by atoms with van der Waals surface area (Å²) < 4.78 is 0. The lowest BCUT2D eigenvalue weighted by Gasteiger charge is -2.49. The van der Waals surface area contributed by atoms with Gasteiger partial charge < -0.3 is 20.5 Å². The summed E-state index contributed by atoms with van der Waals surface area (Å²) >= 11 is 0. The Labute approximate surface area is 229 Å². The van der Waals surface area contributed by atoms with Crippen LogP contribution in [-0.2, 0) is 20.8 Å². The molecule has 1 aromatic heterocycles. The summed E-state index contributed by atoms with van der Waals surface area (Å²) in [6, 6.07) is 7.61. The van der Waals surface area contributed by atoms with E-state index in [1.807, 2.05) is 62.5 Å². The third kappa shape index (κ3) is 4.42. The van der Waals surface area contributed by atoms with Crippen LogP contribution in [-0.4, -0.2) is 50.9 Å². The van der Waals surface area contributed by atoms with E-state index in [0.717, 1.165) is 16.5 Å². The van der Waals surface area contributed by atoms with Gasteiger partial charge in [0.25, 0.3) is 0 Å². The van der Waals surface area contributed by atoms with Gasteiger partial charge in [-0.25, -0.2) is 0 Å². The first-order valence-corrected chi connectivity index (χ1v) is 13.9. The lowest BCUT2D eigenvalue weighted by molar-refractivity contribution is -0.152. The zero-order valence-corrected chi connectivity index (χ0v) is 22.8. The number of H-pyrrole nitrogens is 1. The molecule has 2 aromatic rings. The van der Waals surface area contributed by atoms with E-state index >= 15 is 0 Å². The Morgan fingerprint density at radius 3 is 2.64 bits per heavy atom. The number of nitrogens with one attached hydrogen (secondary N) is 2.